The molecular formula is C30H38N8O7S. The predicted octanol–water partition coefficient (Wildman–Crippen LogP) is 1.86. The van der Waals surface area contributed by atoms with Gasteiger partial charge in [-0.25, -0.2) is 32.9 Å². The summed E-state index contributed by atoms with van der Waals surface area (Å²) >= 11 is 0. The highest BCUT2D eigenvalue weighted by molar-refractivity contribution is 7.89. The molecule has 4 saturated carbocycles. The van der Waals surface area contributed by atoms with Crippen molar-refractivity contribution in [2.75, 3.05) is 17.2 Å². The van der Waals surface area contributed by atoms with Crippen molar-refractivity contribution in [3.8, 4) is 0 Å². The summed E-state index contributed by atoms with van der Waals surface area (Å²) in [5.41, 5.74) is 0.0713. The van der Waals surface area contributed by atoms with Gasteiger partial charge in [0.2, 0.25) is 10.0 Å². The fourth-order valence-corrected chi connectivity index (χ4v) is 10.3. The first-order valence-electron chi connectivity index (χ1n) is 15.6. The van der Waals surface area contributed by atoms with Crippen molar-refractivity contribution in [3.05, 3.63) is 36.9 Å². The van der Waals surface area contributed by atoms with Gasteiger partial charge in [0, 0.05) is 12.1 Å². The number of rotatable bonds is 8. The summed E-state index contributed by atoms with van der Waals surface area (Å²) in [6, 6.07) is 5.49. The number of hydrogen-bond acceptors (Lipinski definition) is 10. The van der Waals surface area contributed by atoms with Gasteiger partial charge in [0.1, 0.15) is 23.4 Å². The lowest BCUT2D eigenvalue weighted by molar-refractivity contribution is -0.137. The molecule has 8 rings (SSSR count). The molecule has 246 valence electrons. The van der Waals surface area contributed by atoms with E-state index in [4.69, 9.17) is 4.74 Å². The molecule has 6 N–H and O–H groups in total. The maximum absolute atomic E-state index is 13.8. The number of ether oxygens (including phenoxy) is 1. The van der Waals surface area contributed by atoms with E-state index >= 15 is 0 Å². The normalized spacial score (nSPS) is 33.3. The van der Waals surface area contributed by atoms with Gasteiger partial charge in [-0.05, 0) is 74.8 Å². The number of aliphatic hydroxyl groups excluding tert-OH is 2. The van der Waals surface area contributed by atoms with Gasteiger partial charge < -0.3 is 25.6 Å². The molecule has 4 unspecified atom stereocenters. The fourth-order valence-electron chi connectivity index (χ4n) is 8.76. The number of nitrogens with zero attached hydrogens (tertiary/aromatic N) is 4. The number of aromatic nitrogens is 4. The van der Waals surface area contributed by atoms with E-state index in [1.54, 1.807) is 19.1 Å². The second kappa shape index (κ2) is 11.2. The van der Waals surface area contributed by atoms with Crippen molar-refractivity contribution >= 4 is 44.6 Å². The number of urea groups is 1. The number of carbonyl (C=O) groups excluding carboxylic acids is 2. The molecule has 4 bridgehead atoms. The molecule has 0 spiro atoms. The van der Waals surface area contributed by atoms with Gasteiger partial charge in [-0.3, -0.25) is 14.7 Å². The Morgan fingerprint density at radius 1 is 1.04 bits per heavy atom. The summed E-state index contributed by atoms with van der Waals surface area (Å²) in [7, 11) is -3.98. The minimum Gasteiger partial charge on any atom is -0.387 e. The van der Waals surface area contributed by atoms with Crippen molar-refractivity contribution in [2.45, 2.75) is 87.3 Å². The first-order chi connectivity index (χ1) is 21.9. The number of hydrogen-bond donors (Lipinski definition) is 6. The molecule has 1 aromatic carbocycles. The van der Waals surface area contributed by atoms with Crippen LogP contribution in [0.1, 0.15) is 58.6 Å². The maximum Gasteiger partial charge on any atom is 0.324 e. The Morgan fingerprint density at radius 3 is 2.50 bits per heavy atom. The third kappa shape index (κ3) is 5.41. The highest BCUT2D eigenvalue weighted by Crippen LogP contribution is 2.61. The van der Waals surface area contributed by atoms with Crippen molar-refractivity contribution < 1.29 is 33.0 Å². The van der Waals surface area contributed by atoms with Crippen molar-refractivity contribution in [3.63, 3.8) is 0 Å². The van der Waals surface area contributed by atoms with Gasteiger partial charge in [0.05, 0.1) is 12.0 Å². The Hall–Kier alpha value is -3.70. The average molecular weight is 655 g/mol. The number of nitrogens with one attached hydrogen (secondary N) is 4. The van der Waals surface area contributed by atoms with Crippen LogP contribution in [0.2, 0.25) is 0 Å². The molecule has 1 saturated heterocycles. The molecule has 2 aromatic heterocycles. The predicted molar refractivity (Wildman–Crippen MR) is 165 cm³/mol. The summed E-state index contributed by atoms with van der Waals surface area (Å²) in [6.07, 6.45) is 2.95. The van der Waals surface area contributed by atoms with Crippen molar-refractivity contribution in [2.24, 2.45) is 17.3 Å². The van der Waals surface area contributed by atoms with Crippen molar-refractivity contribution in [1.29, 1.82) is 0 Å². The van der Waals surface area contributed by atoms with Gasteiger partial charge in [0.25, 0.3) is 5.91 Å². The number of aliphatic hydroxyl groups is 2. The Kier molecular flexibility index (Phi) is 7.55. The Labute approximate surface area is 265 Å². The van der Waals surface area contributed by atoms with E-state index in [1.165, 1.54) is 35.8 Å². The summed E-state index contributed by atoms with van der Waals surface area (Å²) in [6.45, 7) is 4.31. The van der Waals surface area contributed by atoms with E-state index < -0.39 is 52.0 Å². The third-order valence-electron chi connectivity index (χ3n) is 9.84. The Bertz CT molecular complexity index is 1780. The number of amides is 3. The molecule has 1 aliphatic heterocycles. The number of fused-ring (bicyclic) bond motifs is 1. The third-order valence-corrected chi connectivity index (χ3v) is 11.5. The van der Waals surface area contributed by atoms with Gasteiger partial charge in [-0.15, -0.1) is 0 Å². The first kappa shape index (κ1) is 30.9. The van der Waals surface area contributed by atoms with Crippen LogP contribution in [0.4, 0.5) is 16.3 Å². The summed E-state index contributed by atoms with van der Waals surface area (Å²) in [5.74, 6) is 0.489. The first-order valence-corrected chi connectivity index (χ1v) is 17.1. The van der Waals surface area contributed by atoms with Gasteiger partial charge in [-0.1, -0.05) is 19.1 Å². The van der Waals surface area contributed by atoms with Gasteiger partial charge >= 0.3 is 6.03 Å². The smallest absolute Gasteiger partial charge is 0.324 e. The van der Waals surface area contributed by atoms with Crippen LogP contribution in [-0.4, -0.2) is 80.5 Å². The minimum atomic E-state index is -3.98. The summed E-state index contributed by atoms with van der Waals surface area (Å²) in [4.78, 5) is 38.1. The molecule has 3 aromatic rings. The quantitative estimate of drug-likeness (QED) is 0.208. The number of likely N-dealkylation sites (N-methyl/N-ethyl adjacent to an activating group) is 1. The maximum atomic E-state index is 13.8. The highest BCUT2D eigenvalue weighted by Gasteiger charge is 2.57. The fraction of sp³-hybridized carbons (Fsp3) is 0.567. The molecule has 5 fully saturated rings. The summed E-state index contributed by atoms with van der Waals surface area (Å²) in [5, 5.41) is 28.9. The molecule has 8 atom stereocenters. The van der Waals surface area contributed by atoms with Crippen LogP contribution in [0.3, 0.4) is 0 Å². The number of anilines is 2. The standard InChI is InChI=1S/C30H38N8O7S/c1-3-31-26(41)23-21(39)22(40)27(45-23)38-15-34-20-24(32-14-33-25(20)38)36-28(42)35-18-6-4-5-7-19(18)46(43,44)37-30-11-16-8-17(12-30)10-29(2,9-16)13-30/h4-7,14-17,21-23,27,37,39-40H,3,8-13H2,1-2H3,(H,31,41)(H2,32,33,35,36,42)/t16-,17+,21?,22?,23-,27+,29?,30?/m0/s1. The molecule has 16 heteroatoms. The second-order valence-corrected chi connectivity index (χ2v) is 15.3. The molecule has 46 heavy (non-hydrogen) atoms. The minimum absolute atomic E-state index is 0.00911. The van der Waals surface area contributed by atoms with Crippen LogP contribution in [0, 0.1) is 17.3 Å². The van der Waals surface area contributed by atoms with Crippen LogP contribution < -0.4 is 20.7 Å². The zero-order valence-electron chi connectivity index (χ0n) is 25.5. The lowest BCUT2D eigenvalue weighted by Gasteiger charge is -2.61. The van der Waals surface area contributed by atoms with Crippen LogP contribution >= 0.6 is 0 Å². The molecule has 3 heterocycles. The van der Waals surface area contributed by atoms with Crippen LogP contribution in [0.25, 0.3) is 11.2 Å². The number of sulfonamides is 1. The Balaban J connectivity index is 1.09. The van der Waals surface area contributed by atoms with Gasteiger partial charge in [0.15, 0.2) is 29.3 Å². The molecule has 3 amide bonds. The average Bonchev–Trinajstić information content (AvgIpc) is 3.52. The van der Waals surface area contributed by atoms with E-state index in [2.05, 4.69) is 42.5 Å². The van der Waals surface area contributed by atoms with Gasteiger partial charge in [-0.2, -0.15) is 0 Å². The lowest BCUT2D eigenvalue weighted by Crippen LogP contribution is -2.62. The largest absolute Gasteiger partial charge is 0.387 e. The number of benzene rings is 1. The van der Waals surface area contributed by atoms with Crippen LogP contribution in [-0.2, 0) is 19.6 Å². The molecule has 4 aliphatic carbocycles. The second-order valence-electron chi connectivity index (χ2n) is 13.6. The zero-order valence-corrected chi connectivity index (χ0v) is 26.3. The van der Waals surface area contributed by atoms with E-state index in [-0.39, 0.29) is 33.0 Å². The van der Waals surface area contributed by atoms with Crippen molar-refractivity contribution in [1.82, 2.24) is 29.6 Å². The van der Waals surface area contributed by atoms with Crippen LogP contribution in [0.15, 0.2) is 41.8 Å². The van der Waals surface area contributed by atoms with E-state index in [1.807, 2.05) is 0 Å². The lowest BCUT2D eigenvalue weighted by atomic mass is 9.48. The SMILES string of the molecule is CCNC(=O)[C@H]1O[C@@H](n2cnc3c(NC(=O)Nc4ccccc4S(=O)(=O)NC45C[C@@H]6C[C@@H](CC(C)(C6)C4)C5)ncnc32)C(O)C1O. The van der Waals surface area contributed by atoms with Crippen LogP contribution in [0.5, 0.6) is 0 Å². The monoisotopic (exact) mass is 654 g/mol. The number of imidazole rings is 1. The van der Waals surface area contributed by atoms with E-state index in [0.29, 0.717) is 18.4 Å². The zero-order chi connectivity index (χ0) is 32.4. The molecule has 0 radical (unpaired) electrons. The topological polar surface area (TPSA) is 210 Å². The van der Waals surface area contributed by atoms with E-state index in [0.717, 1.165) is 32.1 Å². The van der Waals surface area contributed by atoms with E-state index in [9.17, 15) is 28.2 Å². The Morgan fingerprint density at radius 2 is 1.78 bits per heavy atom. The number of para-hydroxylation sites is 1. The molecule has 5 aliphatic rings. The highest BCUT2D eigenvalue weighted by atomic mass is 32.2. The molecular weight excluding hydrogens is 616 g/mol. The number of carbonyl (C=O) groups is 2. The summed E-state index contributed by atoms with van der Waals surface area (Å²) < 4.78 is 37.8. The molecule has 15 nitrogen and oxygen atoms in total.